The minimum atomic E-state index is 0.665. The highest BCUT2D eigenvalue weighted by Crippen LogP contribution is 2.30. The molecule has 1 aliphatic heterocycles. The quantitative estimate of drug-likeness (QED) is 0.892. The number of aromatic nitrogens is 3. The van der Waals surface area contributed by atoms with E-state index >= 15 is 0 Å². The molecule has 0 aromatic carbocycles. The Hall–Kier alpha value is -0.900. The molecule has 0 bridgehead atoms. The van der Waals surface area contributed by atoms with Crippen LogP contribution in [-0.2, 0) is 6.42 Å². The van der Waals surface area contributed by atoms with E-state index in [1.54, 1.807) is 0 Å². The minimum Gasteiger partial charge on any atom is -0.316 e. The maximum atomic E-state index is 4.44. The van der Waals surface area contributed by atoms with Gasteiger partial charge < -0.3 is 9.88 Å². The molecule has 100 valence electrons. The Bertz CT molecular complexity index is 386. The SMILES string of the molecule is Cc1nnc(CC2CCNC2)n1C1CCCCC1. The number of rotatable bonds is 3. The van der Waals surface area contributed by atoms with Gasteiger partial charge in [-0.3, -0.25) is 0 Å². The van der Waals surface area contributed by atoms with Gasteiger partial charge in [0.05, 0.1) is 0 Å². The van der Waals surface area contributed by atoms with Gasteiger partial charge in [-0.05, 0) is 45.2 Å². The summed E-state index contributed by atoms with van der Waals surface area (Å²) in [5.74, 6) is 3.10. The molecule has 1 N–H and O–H groups in total. The maximum absolute atomic E-state index is 4.44. The molecule has 1 atom stereocenters. The molecular weight excluding hydrogens is 224 g/mol. The molecule has 1 unspecified atom stereocenters. The number of nitrogens with zero attached hydrogens (tertiary/aromatic N) is 3. The lowest BCUT2D eigenvalue weighted by Gasteiger charge is -2.25. The summed E-state index contributed by atoms with van der Waals surface area (Å²) in [5, 5.41) is 12.2. The molecule has 0 spiro atoms. The number of hydrogen-bond acceptors (Lipinski definition) is 3. The van der Waals surface area contributed by atoms with Gasteiger partial charge in [0.25, 0.3) is 0 Å². The Morgan fingerprint density at radius 1 is 1.17 bits per heavy atom. The molecule has 1 aromatic heterocycles. The molecule has 4 heteroatoms. The number of nitrogens with one attached hydrogen (secondary N) is 1. The van der Waals surface area contributed by atoms with E-state index < -0.39 is 0 Å². The van der Waals surface area contributed by atoms with Gasteiger partial charge in [-0.1, -0.05) is 19.3 Å². The van der Waals surface area contributed by atoms with Crippen molar-refractivity contribution in [3.05, 3.63) is 11.6 Å². The third kappa shape index (κ3) is 2.44. The third-order valence-corrected chi connectivity index (χ3v) is 4.51. The highest BCUT2D eigenvalue weighted by Gasteiger charge is 2.24. The molecular formula is C14H24N4. The summed E-state index contributed by atoms with van der Waals surface area (Å²) in [5.41, 5.74) is 0. The first kappa shape index (κ1) is 12.2. The summed E-state index contributed by atoms with van der Waals surface area (Å²) >= 11 is 0. The van der Waals surface area contributed by atoms with Crippen LogP contribution in [-0.4, -0.2) is 27.9 Å². The number of hydrogen-bond donors (Lipinski definition) is 1. The molecule has 2 heterocycles. The molecule has 3 rings (SSSR count). The first-order valence-electron chi connectivity index (χ1n) is 7.45. The first-order valence-corrected chi connectivity index (χ1v) is 7.45. The Morgan fingerprint density at radius 2 is 2.00 bits per heavy atom. The van der Waals surface area contributed by atoms with Crippen LogP contribution in [0.2, 0.25) is 0 Å². The van der Waals surface area contributed by atoms with Crippen molar-refractivity contribution in [1.29, 1.82) is 0 Å². The fourth-order valence-corrected chi connectivity index (χ4v) is 3.51. The molecule has 18 heavy (non-hydrogen) atoms. The van der Waals surface area contributed by atoms with Crippen LogP contribution in [0.1, 0.15) is 56.2 Å². The van der Waals surface area contributed by atoms with E-state index in [4.69, 9.17) is 0 Å². The van der Waals surface area contributed by atoms with Gasteiger partial charge in [0.15, 0.2) is 0 Å². The van der Waals surface area contributed by atoms with Gasteiger partial charge in [-0.15, -0.1) is 10.2 Å². The smallest absolute Gasteiger partial charge is 0.133 e. The second kappa shape index (κ2) is 5.39. The minimum absolute atomic E-state index is 0.665. The van der Waals surface area contributed by atoms with Gasteiger partial charge in [-0.25, -0.2) is 0 Å². The number of aryl methyl sites for hydroxylation is 1. The van der Waals surface area contributed by atoms with E-state index in [0.717, 1.165) is 24.7 Å². The first-order chi connectivity index (χ1) is 8.84. The van der Waals surface area contributed by atoms with Gasteiger partial charge in [0.2, 0.25) is 0 Å². The lowest BCUT2D eigenvalue weighted by Crippen LogP contribution is -2.19. The molecule has 1 saturated carbocycles. The van der Waals surface area contributed by atoms with Crippen LogP contribution in [0.5, 0.6) is 0 Å². The molecule has 4 nitrogen and oxygen atoms in total. The van der Waals surface area contributed by atoms with Crippen molar-refractivity contribution in [3.63, 3.8) is 0 Å². The van der Waals surface area contributed by atoms with Crippen molar-refractivity contribution in [2.45, 2.75) is 57.9 Å². The standard InChI is InChI=1S/C14H24N4/c1-11-16-17-14(9-12-7-8-15-10-12)18(11)13-5-3-2-4-6-13/h12-13,15H,2-10H2,1H3. The summed E-state index contributed by atoms with van der Waals surface area (Å²) < 4.78 is 2.44. The summed E-state index contributed by atoms with van der Waals surface area (Å²) in [6.07, 6.45) is 9.16. The zero-order valence-corrected chi connectivity index (χ0v) is 11.4. The van der Waals surface area contributed by atoms with Crippen molar-refractivity contribution < 1.29 is 0 Å². The average Bonchev–Trinajstić information content (AvgIpc) is 3.02. The molecule has 1 aliphatic carbocycles. The fraction of sp³-hybridized carbons (Fsp3) is 0.857. The predicted octanol–water partition coefficient (Wildman–Crippen LogP) is 2.24. The molecule has 1 saturated heterocycles. The van der Waals surface area contributed by atoms with Crippen LogP contribution < -0.4 is 5.32 Å². The van der Waals surface area contributed by atoms with Gasteiger partial charge >= 0.3 is 0 Å². The monoisotopic (exact) mass is 248 g/mol. The van der Waals surface area contributed by atoms with E-state index in [9.17, 15) is 0 Å². The zero-order chi connectivity index (χ0) is 12.4. The van der Waals surface area contributed by atoms with Crippen LogP contribution in [0.25, 0.3) is 0 Å². The summed E-state index contributed by atoms with van der Waals surface area (Å²) in [6.45, 7) is 4.43. The van der Waals surface area contributed by atoms with Crippen LogP contribution in [0.3, 0.4) is 0 Å². The Balaban J connectivity index is 1.76. The van der Waals surface area contributed by atoms with Crippen LogP contribution in [0.15, 0.2) is 0 Å². The molecule has 0 amide bonds. The Labute approximate surface area is 109 Å². The fourth-order valence-electron chi connectivity index (χ4n) is 3.51. The average molecular weight is 248 g/mol. The van der Waals surface area contributed by atoms with E-state index in [1.807, 2.05) is 0 Å². The lowest BCUT2D eigenvalue weighted by molar-refractivity contribution is 0.336. The van der Waals surface area contributed by atoms with Gasteiger partial charge in [0.1, 0.15) is 11.6 Å². The van der Waals surface area contributed by atoms with E-state index in [0.29, 0.717) is 6.04 Å². The van der Waals surface area contributed by atoms with Crippen molar-refractivity contribution >= 4 is 0 Å². The van der Waals surface area contributed by atoms with Gasteiger partial charge in [0, 0.05) is 12.5 Å². The lowest BCUT2D eigenvalue weighted by atomic mass is 9.94. The van der Waals surface area contributed by atoms with Crippen LogP contribution >= 0.6 is 0 Å². The molecule has 1 aromatic rings. The highest BCUT2D eigenvalue weighted by atomic mass is 15.3. The van der Waals surface area contributed by atoms with Crippen molar-refractivity contribution in [3.8, 4) is 0 Å². The highest BCUT2D eigenvalue weighted by molar-refractivity contribution is 5.00. The maximum Gasteiger partial charge on any atom is 0.133 e. The van der Waals surface area contributed by atoms with Crippen molar-refractivity contribution in [2.24, 2.45) is 5.92 Å². The van der Waals surface area contributed by atoms with E-state index in [2.05, 4.69) is 27.0 Å². The largest absolute Gasteiger partial charge is 0.316 e. The Morgan fingerprint density at radius 3 is 2.72 bits per heavy atom. The van der Waals surface area contributed by atoms with Crippen LogP contribution in [0.4, 0.5) is 0 Å². The van der Waals surface area contributed by atoms with Crippen molar-refractivity contribution in [1.82, 2.24) is 20.1 Å². The predicted molar refractivity (Wildman–Crippen MR) is 71.6 cm³/mol. The third-order valence-electron chi connectivity index (χ3n) is 4.51. The second-order valence-electron chi connectivity index (χ2n) is 5.89. The molecule has 2 fully saturated rings. The van der Waals surface area contributed by atoms with Crippen molar-refractivity contribution in [2.75, 3.05) is 13.1 Å². The second-order valence-corrected chi connectivity index (χ2v) is 5.89. The van der Waals surface area contributed by atoms with E-state index in [-0.39, 0.29) is 0 Å². The summed E-state index contributed by atoms with van der Waals surface area (Å²) in [4.78, 5) is 0. The Kier molecular flexibility index (Phi) is 3.64. The normalized spacial score (nSPS) is 25.7. The molecule has 2 aliphatic rings. The van der Waals surface area contributed by atoms with Crippen LogP contribution in [0, 0.1) is 12.8 Å². The summed E-state index contributed by atoms with van der Waals surface area (Å²) in [7, 11) is 0. The zero-order valence-electron chi connectivity index (χ0n) is 11.4. The molecule has 0 radical (unpaired) electrons. The summed E-state index contributed by atoms with van der Waals surface area (Å²) in [6, 6.07) is 0.665. The van der Waals surface area contributed by atoms with Gasteiger partial charge in [-0.2, -0.15) is 0 Å². The van der Waals surface area contributed by atoms with E-state index in [1.165, 1.54) is 50.9 Å². The topological polar surface area (TPSA) is 42.7 Å².